The molecule has 28 heavy (non-hydrogen) atoms. The Kier molecular flexibility index (Phi) is 5.83. The van der Waals surface area contributed by atoms with Crippen molar-refractivity contribution < 1.29 is 9.53 Å². The second-order valence-electron chi connectivity index (χ2n) is 8.20. The van der Waals surface area contributed by atoms with E-state index < -0.39 is 0 Å². The molecular weight excluding hydrogens is 372 g/mol. The van der Waals surface area contributed by atoms with Gasteiger partial charge in [0.1, 0.15) is 17.3 Å². The fraction of sp³-hybridized carbons (Fsp3) is 0.667. The highest BCUT2D eigenvalue weighted by Gasteiger charge is 2.32. The van der Waals surface area contributed by atoms with Gasteiger partial charge in [0.25, 0.3) is 0 Å². The van der Waals surface area contributed by atoms with Gasteiger partial charge >= 0.3 is 0 Å². The lowest BCUT2D eigenvalue weighted by molar-refractivity contribution is -0.121. The highest BCUT2D eigenvalue weighted by atomic mass is 32.1. The molecule has 1 fully saturated rings. The van der Waals surface area contributed by atoms with Gasteiger partial charge in [-0.05, 0) is 71.0 Å². The largest absolute Gasteiger partial charge is 0.474 e. The maximum Gasteiger partial charge on any atom is 0.225 e. The summed E-state index contributed by atoms with van der Waals surface area (Å²) in [5, 5.41) is 3.99. The van der Waals surface area contributed by atoms with E-state index in [2.05, 4.69) is 34.3 Å². The standard InChI is InChI=1S/C21H30N4O2S/c1-4-22-17(26)11-13-5-10-16-18(13)19-20(23-12-24-21(19)28-16)27-15-8-6-14(7-9-15)25(2)3/h12-15H,4-11H2,1-3H3,(H,22,26)/t13-,14-,15-/m0/s1. The molecule has 2 aliphatic rings. The van der Waals surface area contributed by atoms with Gasteiger partial charge in [0.05, 0.1) is 5.39 Å². The molecule has 2 aliphatic carbocycles. The smallest absolute Gasteiger partial charge is 0.225 e. The molecule has 0 unspecified atom stereocenters. The molecular formula is C21H30N4O2S. The lowest BCUT2D eigenvalue weighted by atomic mass is 9.92. The third-order valence-corrected chi connectivity index (χ3v) is 7.33. The monoisotopic (exact) mass is 402 g/mol. The molecule has 2 aromatic heterocycles. The van der Waals surface area contributed by atoms with Crippen LogP contribution in [0.5, 0.6) is 5.88 Å². The molecule has 0 radical (unpaired) electrons. The predicted molar refractivity (Wildman–Crippen MR) is 112 cm³/mol. The number of nitrogens with one attached hydrogen (secondary N) is 1. The molecule has 7 heteroatoms. The molecule has 2 aromatic rings. The molecule has 1 saturated carbocycles. The summed E-state index contributed by atoms with van der Waals surface area (Å²) < 4.78 is 6.42. The summed E-state index contributed by atoms with van der Waals surface area (Å²) in [4.78, 5) is 25.9. The first-order valence-corrected chi connectivity index (χ1v) is 11.2. The predicted octanol–water partition coefficient (Wildman–Crippen LogP) is 3.50. The highest BCUT2D eigenvalue weighted by molar-refractivity contribution is 7.19. The van der Waals surface area contributed by atoms with Gasteiger partial charge in [-0.25, -0.2) is 9.97 Å². The first kappa shape index (κ1) is 19.6. The van der Waals surface area contributed by atoms with Gasteiger partial charge < -0.3 is 15.0 Å². The van der Waals surface area contributed by atoms with E-state index in [4.69, 9.17) is 4.74 Å². The minimum Gasteiger partial charge on any atom is -0.474 e. The summed E-state index contributed by atoms with van der Waals surface area (Å²) in [5.41, 5.74) is 1.27. The Labute approximate surface area is 170 Å². The molecule has 1 N–H and O–H groups in total. The van der Waals surface area contributed by atoms with Gasteiger partial charge in [0.15, 0.2) is 0 Å². The van der Waals surface area contributed by atoms with E-state index >= 15 is 0 Å². The summed E-state index contributed by atoms with van der Waals surface area (Å²) in [6.07, 6.45) is 8.85. The number of amides is 1. The van der Waals surface area contributed by atoms with Gasteiger partial charge in [-0.3, -0.25) is 4.79 Å². The van der Waals surface area contributed by atoms with Crippen LogP contribution in [-0.2, 0) is 11.2 Å². The maximum absolute atomic E-state index is 12.2. The van der Waals surface area contributed by atoms with E-state index in [9.17, 15) is 4.79 Å². The minimum atomic E-state index is 0.126. The van der Waals surface area contributed by atoms with Crippen LogP contribution < -0.4 is 10.1 Å². The number of aromatic nitrogens is 2. The van der Waals surface area contributed by atoms with Gasteiger partial charge in [0.2, 0.25) is 11.8 Å². The Morgan fingerprint density at radius 3 is 2.75 bits per heavy atom. The molecule has 0 spiro atoms. The van der Waals surface area contributed by atoms with E-state index in [0.29, 0.717) is 19.0 Å². The van der Waals surface area contributed by atoms with E-state index in [1.54, 1.807) is 17.7 Å². The SMILES string of the molecule is CCNC(=O)C[C@@H]1CCc2sc3ncnc(O[C@H]4CC[C@H](N(C)C)CC4)c3c21. The number of fused-ring (bicyclic) bond motifs is 3. The summed E-state index contributed by atoms with van der Waals surface area (Å²) in [7, 11) is 4.31. The number of rotatable bonds is 6. The third-order valence-electron chi connectivity index (χ3n) is 6.15. The second kappa shape index (κ2) is 8.33. The number of aryl methyl sites for hydroxylation is 1. The fourth-order valence-corrected chi connectivity index (χ4v) is 5.90. The minimum absolute atomic E-state index is 0.126. The molecule has 1 atom stereocenters. The van der Waals surface area contributed by atoms with Crippen molar-refractivity contribution in [2.24, 2.45) is 0 Å². The molecule has 152 valence electrons. The molecule has 2 heterocycles. The van der Waals surface area contributed by atoms with Crippen LogP contribution in [0.2, 0.25) is 0 Å². The van der Waals surface area contributed by atoms with Crippen LogP contribution in [0.1, 0.15) is 61.8 Å². The zero-order valence-corrected chi connectivity index (χ0v) is 17.8. The molecule has 0 aliphatic heterocycles. The van der Waals surface area contributed by atoms with Crippen LogP contribution in [0.3, 0.4) is 0 Å². The number of hydrogen-bond donors (Lipinski definition) is 1. The number of carbonyl (C=O) groups is 1. The molecule has 4 rings (SSSR count). The number of nitrogens with zero attached hydrogens (tertiary/aromatic N) is 3. The lowest BCUT2D eigenvalue weighted by Crippen LogP contribution is -2.35. The van der Waals surface area contributed by atoms with Crippen LogP contribution >= 0.6 is 11.3 Å². The molecule has 6 nitrogen and oxygen atoms in total. The maximum atomic E-state index is 12.2. The zero-order chi connectivity index (χ0) is 19.7. The Bertz CT molecular complexity index is 842. The van der Waals surface area contributed by atoms with Crippen molar-refractivity contribution in [1.82, 2.24) is 20.2 Å². The molecule has 1 amide bonds. The molecule has 0 saturated heterocycles. The van der Waals surface area contributed by atoms with E-state index in [1.165, 1.54) is 10.4 Å². The summed E-state index contributed by atoms with van der Waals surface area (Å²) in [5.74, 6) is 1.09. The van der Waals surface area contributed by atoms with Crippen molar-refractivity contribution in [2.45, 2.75) is 69.9 Å². The Hall–Kier alpha value is -1.73. The van der Waals surface area contributed by atoms with Crippen molar-refractivity contribution >= 4 is 27.5 Å². The van der Waals surface area contributed by atoms with Crippen LogP contribution in [-0.4, -0.2) is 53.6 Å². The number of thiophene rings is 1. The molecule has 0 bridgehead atoms. The summed E-state index contributed by atoms with van der Waals surface area (Å²) in [6.45, 7) is 2.64. The normalized spacial score (nSPS) is 24.5. The number of carbonyl (C=O) groups excluding carboxylic acids is 1. The number of ether oxygens (including phenoxy) is 1. The van der Waals surface area contributed by atoms with Crippen LogP contribution in [0.25, 0.3) is 10.2 Å². The Morgan fingerprint density at radius 2 is 2.04 bits per heavy atom. The van der Waals surface area contributed by atoms with Crippen molar-refractivity contribution in [3.63, 3.8) is 0 Å². The highest BCUT2D eigenvalue weighted by Crippen LogP contribution is 2.47. The second-order valence-corrected chi connectivity index (χ2v) is 9.29. The van der Waals surface area contributed by atoms with Gasteiger partial charge in [-0.15, -0.1) is 11.3 Å². The summed E-state index contributed by atoms with van der Waals surface area (Å²) >= 11 is 1.74. The average Bonchev–Trinajstić information content (AvgIpc) is 3.22. The van der Waals surface area contributed by atoms with Crippen molar-refractivity contribution in [1.29, 1.82) is 0 Å². The van der Waals surface area contributed by atoms with E-state index in [-0.39, 0.29) is 17.9 Å². The van der Waals surface area contributed by atoms with E-state index in [1.807, 2.05) is 6.92 Å². The fourth-order valence-electron chi connectivity index (χ4n) is 4.66. The Balaban J connectivity index is 1.56. The van der Waals surface area contributed by atoms with Gasteiger partial charge in [-0.2, -0.15) is 0 Å². The lowest BCUT2D eigenvalue weighted by Gasteiger charge is -2.32. The van der Waals surface area contributed by atoms with Crippen LogP contribution in [0.15, 0.2) is 6.33 Å². The van der Waals surface area contributed by atoms with Gasteiger partial charge in [0, 0.05) is 23.9 Å². The zero-order valence-electron chi connectivity index (χ0n) is 17.0. The Morgan fingerprint density at radius 1 is 1.25 bits per heavy atom. The quantitative estimate of drug-likeness (QED) is 0.801. The first-order valence-electron chi connectivity index (χ1n) is 10.4. The van der Waals surface area contributed by atoms with Crippen molar-refractivity contribution in [2.75, 3.05) is 20.6 Å². The van der Waals surface area contributed by atoms with Crippen molar-refractivity contribution in [3.05, 3.63) is 16.8 Å². The number of hydrogen-bond acceptors (Lipinski definition) is 6. The van der Waals surface area contributed by atoms with Crippen LogP contribution in [0.4, 0.5) is 0 Å². The summed E-state index contributed by atoms with van der Waals surface area (Å²) in [6, 6.07) is 0.650. The van der Waals surface area contributed by atoms with Crippen LogP contribution in [0, 0.1) is 0 Å². The topological polar surface area (TPSA) is 67.3 Å². The average molecular weight is 403 g/mol. The first-order chi connectivity index (χ1) is 13.6. The molecule has 0 aromatic carbocycles. The third kappa shape index (κ3) is 3.87. The van der Waals surface area contributed by atoms with Crippen molar-refractivity contribution in [3.8, 4) is 5.88 Å². The van der Waals surface area contributed by atoms with E-state index in [0.717, 1.165) is 54.6 Å². The van der Waals surface area contributed by atoms with Gasteiger partial charge in [-0.1, -0.05) is 0 Å².